The molecule has 0 N–H and O–H groups in total. The maximum Gasteiger partial charge on any atom is 0.533 e. The summed E-state index contributed by atoms with van der Waals surface area (Å²) in [6.07, 6.45) is -1.53. The van der Waals surface area contributed by atoms with E-state index in [-0.39, 0.29) is 5.97 Å². The van der Waals surface area contributed by atoms with Crippen molar-refractivity contribution < 1.29 is 26.9 Å². The standard InChI is InChI=1S/C9H15F3O3S/c1-8(13)14-6-4-2-3-5-7-16-15-9(10,11)12/h2-7H2,1H3. The second-order valence-corrected chi connectivity index (χ2v) is 3.92. The van der Waals surface area contributed by atoms with Gasteiger partial charge in [-0.15, -0.1) is 13.2 Å². The highest BCUT2D eigenvalue weighted by atomic mass is 32.2. The molecule has 0 aromatic rings. The number of rotatable bonds is 8. The number of esters is 1. The van der Waals surface area contributed by atoms with Crippen LogP contribution in [0.4, 0.5) is 13.2 Å². The minimum absolute atomic E-state index is 0.311. The quantitative estimate of drug-likeness (QED) is 0.381. The van der Waals surface area contributed by atoms with E-state index in [1.807, 2.05) is 0 Å². The summed E-state index contributed by atoms with van der Waals surface area (Å²) in [5.74, 6) is 0.00159. The lowest BCUT2D eigenvalue weighted by atomic mass is 10.2. The molecule has 0 bridgehead atoms. The minimum atomic E-state index is -4.56. The number of halogens is 3. The highest BCUT2D eigenvalue weighted by molar-refractivity contribution is 7.94. The van der Waals surface area contributed by atoms with Crippen molar-refractivity contribution in [3.63, 3.8) is 0 Å². The molecule has 0 saturated heterocycles. The smallest absolute Gasteiger partial charge is 0.466 e. The maximum atomic E-state index is 11.5. The molecule has 0 fully saturated rings. The van der Waals surface area contributed by atoms with Gasteiger partial charge in [0, 0.05) is 24.7 Å². The van der Waals surface area contributed by atoms with E-state index >= 15 is 0 Å². The largest absolute Gasteiger partial charge is 0.533 e. The molecule has 0 aliphatic rings. The second kappa shape index (κ2) is 8.69. The first-order valence-electron chi connectivity index (χ1n) is 4.92. The van der Waals surface area contributed by atoms with Gasteiger partial charge in [-0.05, 0) is 12.8 Å². The summed E-state index contributed by atoms with van der Waals surface area (Å²) in [4.78, 5) is 10.4. The van der Waals surface area contributed by atoms with Crippen LogP contribution < -0.4 is 0 Å². The van der Waals surface area contributed by atoms with Crippen LogP contribution >= 0.6 is 12.0 Å². The van der Waals surface area contributed by atoms with E-state index < -0.39 is 6.36 Å². The molecule has 0 radical (unpaired) electrons. The predicted molar refractivity (Wildman–Crippen MR) is 54.7 cm³/mol. The number of unbranched alkanes of at least 4 members (excludes halogenated alkanes) is 3. The number of carbonyl (C=O) groups excluding carboxylic acids is 1. The van der Waals surface area contributed by atoms with Gasteiger partial charge in [-0.1, -0.05) is 12.8 Å². The highest BCUT2D eigenvalue weighted by Gasteiger charge is 2.29. The minimum Gasteiger partial charge on any atom is -0.466 e. The van der Waals surface area contributed by atoms with Gasteiger partial charge in [-0.3, -0.25) is 4.79 Å². The normalized spacial score (nSPS) is 11.5. The Hall–Kier alpha value is -0.430. The predicted octanol–water partition coefficient (Wildman–Crippen LogP) is 3.29. The molecule has 0 heterocycles. The van der Waals surface area contributed by atoms with Crippen molar-refractivity contribution in [2.75, 3.05) is 12.4 Å². The van der Waals surface area contributed by atoms with Gasteiger partial charge in [0.2, 0.25) is 0 Å². The molecule has 0 rings (SSSR count). The molecule has 0 aromatic heterocycles. The summed E-state index contributed by atoms with van der Waals surface area (Å²) in [5, 5.41) is 0. The Bertz CT molecular complexity index is 197. The molecule has 0 spiro atoms. The lowest BCUT2D eigenvalue weighted by Gasteiger charge is -2.05. The zero-order valence-electron chi connectivity index (χ0n) is 9.01. The number of ether oxygens (including phenoxy) is 1. The molecule has 0 aliphatic carbocycles. The molecule has 0 amide bonds. The van der Waals surface area contributed by atoms with Gasteiger partial charge in [0.25, 0.3) is 0 Å². The summed E-state index contributed by atoms with van der Waals surface area (Å²) in [5.41, 5.74) is 0. The van der Waals surface area contributed by atoms with Gasteiger partial charge in [0.1, 0.15) is 0 Å². The Morgan fingerprint density at radius 1 is 1.19 bits per heavy atom. The van der Waals surface area contributed by atoms with Crippen LogP contribution in [0, 0.1) is 0 Å². The summed E-state index contributed by atoms with van der Waals surface area (Å²) in [6, 6.07) is 0. The van der Waals surface area contributed by atoms with E-state index in [1.165, 1.54) is 6.92 Å². The SMILES string of the molecule is CC(=O)OCCCCCCSOC(F)(F)F. The summed E-state index contributed by atoms with van der Waals surface area (Å²) in [6.45, 7) is 1.71. The van der Waals surface area contributed by atoms with Crippen LogP contribution in [0.25, 0.3) is 0 Å². The van der Waals surface area contributed by atoms with Crippen molar-refractivity contribution in [3.8, 4) is 0 Å². The van der Waals surface area contributed by atoms with Crippen LogP contribution in [0.2, 0.25) is 0 Å². The van der Waals surface area contributed by atoms with Crippen LogP contribution in [0.5, 0.6) is 0 Å². The zero-order chi connectivity index (χ0) is 12.4. The Kier molecular flexibility index (Phi) is 8.46. The van der Waals surface area contributed by atoms with Crippen molar-refractivity contribution in [2.45, 2.75) is 39.0 Å². The Morgan fingerprint density at radius 2 is 1.81 bits per heavy atom. The topological polar surface area (TPSA) is 35.5 Å². The average Bonchev–Trinajstić information content (AvgIpc) is 2.13. The van der Waals surface area contributed by atoms with Crippen LogP contribution in [0.3, 0.4) is 0 Å². The van der Waals surface area contributed by atoms with Crippen LogP contribution in [-0.2, 0) is 13.7 Å². The van der Waals surface area contributed by atoms with Crippen molar-refractivity contribution >= 4 is 18.0 Å². The summed E-state index contributed by atoms with van der Waals surface area (Å²) >= 11 is 0.419. The van der Waals surface area contributed by atoms with Gasteiger partial charge in [-0.25, -0.2) is 4.18 Å². The zero-order valence-corrected chi connectivity index (χ0v) is 9.83. The molecule has 96 valence electrons. The van der Waals surface area contributed by atoms with E-state index in [9.17, 15) is 18.0 Å². The monoisotopic (exact) mass is 260 g/mol. The molecule has 3 nitrogen and oxygen atoms in total. The molecule has 16 heavy (non-hydrogen) atoms. The average molecular weight is 260 g/mol. The molecule has 0 unspecified atom stereocenters. The van der Waals surface area contributed by atoms with Crippen LogP contribution in [-0.4, -0.2) is 24.7 Å². The Morgan fingerprint density at radius 3 is 2.38 bits per heavy atom. The van der Waals surface area contributed by atoms with Gasteiger partial charge >= 0.3 is 12.3 Å². The first-order valence-corrected chi connectivity index (χ1v) is 5.83. The lowest BCUT2D eigenvalue weighted by molar-refractivity contribution is -0.266. The third-order valence-corrected chi connectivity index (χ3v) is 2.34. The molecule has 7 heteroatoms. The molecule has 0 saturated carbocycles. The highest BCUT2D eigenvalue weighted by Crippen LogP contribution is 2.23. The van der Waals surface area contributed by atoms with Gasteiger partial charge < -0.3 is 4.74 Å². The van der Waals surface area contributed by atoms with E-state index in [2.05, 4.69) is 4.18 Å². The van der Waals surface area contributed by atoms with E-state index in [4.69, 9.17) is 4.74 Å². The van der Waals surface area contributed by atoms with Crippen molar-refractivity contribution in [1.82, 2.24) is 0 Å². The lowest BCUT2D eigenvalue weighted by Crippen LogP contribution is -2.08. The Balaban J connectivity index is 3.07. The van der Waals surface area contributed by atoms with Gasteiger partial charge in [0.05, 0.1) is 6.61 Å². The summed E-state index contributed by atoms with van der Waals surface area (Å²) in [7, 11) is 0. The number of alkyl halides is 3. The summed E-state index contributed by atoms with van der Waals surface area (Å²) < 4.78 is 42.8. The molecular weight excluding hydrogens is 245 g/mol. The van der Waals surface area contributed by atoms with E-state index in [0.29, 0.717) is 30.8 Å². The van der Waals surface area contributed by atoms with E-state index in [0.717, 1.165) is 19.3 Å². The molecule has 0 atom stereocenters. The fourth-order valence-electron chi connectivity index (χ4n) is 0.941. The van der Waals surface area contributed by atoms with Crippen molar-refractivity contribution in [2.24, 2.45) is 0 Å². The fraction of sp³-hybridized carbons (Fsp3) is 0.889. The van der Waals surface area contributed by atoms with Gasteiger partial charge in [0.15, 0.2) is 0 Å². The number of carbonyl (C=O) groups is 1. The molecule has 0 aliphatic heterocycles. The molecular formula is C9H15F3O3S. The van der Waals surface area contributed by atoms with Gasteiger partial charge in [-0.2, -0.15) is 0 Å². The van der Waals surface area contributed by atoms with Crippen LogP contribution in [0.1, 0.15) is 32.6 Å². The maximum absolute atomic E-state index is 11.5. The van der Waals surface area contributed by atoms with E-state index in [1.54, 1.807) is 0 Å². The second-order valence-electron chi connectivity index (χ2n) is 3.11. The number of hydrogen-bond acceptors (Lipinski definition) is 4. The third kappa shape index (κ3) is 13.6. The third-order valence-electron chi connectivity index (χ3n) is 1.58. The first kappa shape index (κ1) is 15.6. The van der Waals surface area contributed by atoms with Crippen molar-refractivity contribution in [3.05, 3.63) is 0 Å². The first-order chi connectivity index (χ1) is 7.42. The molecule has 0 aromatic carbocycles. The van der Waals surface area contributed by atoms with Crippen molar-refractivity contribution in [1.29, 1.82) is 0 Å². The Labute approximate surface area is 96.9 Å². The fourth-order valence-corrected chi connectivity index (χ4v) is 1.48. The number of hydrogen-bond donors (Lipinski definition) is 0. The van der Waals surface area contributed by atoms with Crippen LogP contribution in [0.15, 0.2) is 0 Å².